The molecular weight excluding hydrogens is 457 g/mol. The largest absolute Gasteiger partial charge is 0.343 e. The second-order valence-corrected chi connectivity index (χ2v) is 10.3. The van der Waals surface area contributed by atoms with Crippen LogP contribution in [0.3, 0.4) is 0 Å². The molecule has 3 aromatic heterocycles. The first-order chi connectivity index (χ1) is 17.3. The molecule has 0 saturated heterocycles. The number of carbonyl (C=O) groups excluding carboxylic acids is 1. The number of rotatable bonds is 6. The Labute approximate surface area is 211 Å². The van der Waals surface area contributed by atoms with Crippen molar-refractivity contribution < 1.29 is 9.18 Å². The minimum atomic E-state index is -0.538. The predicted molar refractivity (Wildman–Crippen MR) is 138 cm³/mol. The van der Waals surface area contributed by atoms with Gasteiger partial charge in [-0.3, -0.25) is 14.7 Å². The van der Waals surface area contributed by atoms with Crippen LogP contribution in [0, 0.1) is 5.82 Å². The van der Waals surface area contributed by atoms with Crippen LogP contribution in [0.2, 0.25) is 0 Å². The van der Waals surface area contributed by atoms with Crippen molar-refractivity contribution in [3.05, 3.63) is 59.9 Å². The number of anilines is 1. The Morgan fingerprint density at radius 1 is 1.17 bits per heavy atom. The van der Waals surface area contributed by atoms with Crippen molar-refractivity contribution in [2.75, 3.05) is 26.0 Å². The summed E-state index contributed by atoms with van der Waals surface area (Å²) in [5.74, 6) is -0.199. The lowest BCUT2D eigenvalue weighted by atomic mass is 9.95. The molecule has 1 saturated carbocycles. The van der Waals surface area contributed by atoms with E-state index in [0.717, 1.165) is 32.2 Å². The molecule has 3 aromatic rings. The lowest BCUT2D eigenvalue weighted by Gasteiger charge is -2.39. The molecule has 2 atom stereocenters. The molecule has 1 N–H and O–H groups in total. The topological polar surface area (TPSA) is 79.2 Å². The molecular formula is C27H34FN7O. The van der Waals surface area contributed by atoms with Gasteiger partial charge in [0.15, 0.2) is 5.82 Å². The number of nitrogens with one attached hydrogen (secondary N) is 1. The fraction of sp³-hybridized carbons (Fsp3) is 0.481. The first-order valence-electron chi connectivity index (χ1n) is 12.7. The van der Waals surface area contributed by atoms with Crippen molar-refractivity contribution in [2.45, 2.75) is 63.7 Å². The minimum absolute atomic E-state index is 0.0570. The van der Waals surface area contributed by atoms with E-state index in [0.29, 0.717) is 11.6 Å². The van der Waals surface area contributed by atoms with Crippen LogP contribution in [0.15, 0.2) is 42.9 Å². The van der Waals surface area contributed by atoms with Crippen LogP contribution in [-0.4, -0.2) is 68.1 Å². The van der Waals surface area contributed by atoms with E-state index in [1.165, 1.54) is 16.7 Å². The van der Waals surface area contributed by atoms with Crippen LogP contribution in [0.1, 0.15) is 67.5 Å². The summed E-state index contributed by atoms with van der Waals surface area (Å²) in [5.41, 5.74) is 1.79. The third-order valence-corrected chi connectivity index (χ3v) is 7.35. The molecule has 0 spiro atoms. The summed E-state index contributed by atoms with van der Waals surface area (Å²) in [6, 6.07) is 4.44. The Hall–Kier alpha value is -3.33. The van der Waals surface area contributed by atoms with Crippen LogP contribution in [0.5, 0.6) is 0 Å². The summed E-state index contributed by atoms with van der Waals surface area (Å²) in [4.78, 5) is 30.1. The molecule has 0 radical (unpaired) electrons. The molecule has 1 fully saturated rings. The van der Waals surface area contributed by atoms with Crippen molar-refractivity contribution in [1.29, 1.82) is 0 Å². The van der Waals surface area contributed by atoms with Crippen LogP contribution >= 0.6 is 0 Å². The number of fused-ring (bicyclic) bond motifs is 1. The molecule has 36 heavy (non-hydrogen) atoms. The second kappa shape index (κ2) is 9.97. The predicted octanol–water partition coefficient (Wildman–Crippen LogP) is 4.58. The number of nitrogens with zero attached hydrogens (tertiary/aromatic N) is 6. The Bertz CT molecular complexity index is 1260. The van der Waals surface area contributed by atoms with E-state index in [1.807, 2.05) is 17.0 Å². The van der Waals surface area contributed by atoms with Gasteiger partial charge in [-0.25, -0.2) is 9.37 Å². The van der Waals surface area contributed by atoms with Crippen molar-refractivity contribution in [2.24, 2.45) is 0 Å². The van der Waals surface area contributed by atoms with Gasteiger partial charge in [0.2, 0.25) is 5.95 Å². The van der Waals surface area contributed by atoms with E-state index in [2.05, 4.69) is 58.3 Å². The lowest BCUT2D eigenvalue weighted by Crippen LogP contribution is -2.48. The molecule has 1 aliphatic heterocycles. The third-order valence-electron chi connectivity index (χ3n) is 7.35. The molecule has 8 nitrogen and oxygen atoms in total. The first-order valence-corrected chi connectivity index (χ1v) is 12.7. The Kier molecular flexibility index (Phi) is 6.75. The molecule has 5 rings (SSSR count). The summed E-state index contributed by atoms with van der Waals surface area (Å²) >= 11 is 0. The molecule has 9 heteroatoms. The summed E-state index contributed by atoms with van der Waals surface area (Å²) < 4.78 is 17.3. The molecule has 0 bridgehead atoms. The highest BCUT2D eigenvalue weighted by atomic mass is 19.1. The van der Waals surface area contributed by atoms with E-state index in [9.17, 15) is 4.79 Å². The maximum absolute atomic E-state index is 15.5. The van der Waals surface area contributed by atoms with Crippen LogP contribution in [-0.2, 0) is 0 Å². The van der Waals surface area contributed by atoms with Crippen LogP contribution < -0.4 is 5.32 Å². The number of pyridine rings is 1. The molecule has 190 valence electrons. The Balaban J connectivity index is 1.50. The Morgan fingerprint density at radius 2 is 1.89 bits per heavy atom. The minimum Gasteiger partial charge on any atom is -0.343 e. The standard InChI is InChI=1S/C27H34FN7O/c1-17(2)34-16-19(18-11-13-29-14-12-18)9-10-22(34)31-27-30-15-21-23(28)24(26(36)33(3)4)35(25(21)32-27)20-7-5-6-8-20/h9-15,17,19-20,22H,5-8,16H2,1-4H3,(H,30,31,32). The van der Waals surface area contributed by atoms with Gasteiger partial charge < -0.3 is 14.8 Å². The quantitative estimate of drug-likeness (QED) is 0.509. The van der Waals surface area contributed by atoms with Gasteiger partial charge in [-0.05, 0) is 44.4 Å². The fourth-order valence-electron chi connectivity index (χ4n) is 5.42. The number of halogens is 1. The zero-order chi connectivity index (χ0) is 25.4. The lowest BCUT2D eigenvalue weighted by molar-refractivity contribution is 0.0810. The highest BCUT2D eigenvalue weighted by molar-refractivity contribution is 5.98. The smallest absolute Gasteiger partial charge is 0.273 e. The third kappa shape index (κ3) is 4.48. The number of hydrogen-bond donors (Lipinski definition) is 1. The van der Waals surface area contributed by atoms with E-state index in [4.69, 9.17) is 4.98 Å². The van der Waals surface area contributed by atoms with Crippen LogP contribution in [0.25, 0.3) is 11.0 Å². The van der Waals surface area contributed by atoms with Gasteiger partial charge in [-0.1, -0.05) is 25.0 Å². The monoisotopic (exact) mass is 491 g/mol. The molecule has 2 unspecified atom stereocenters. The summed E-state index contributed by atoms with van der Waals surface area (Å²) in [6.07, 6.45) is 13.3. The van der Waals surface area contributed by atoms with Gasteiger partial charge in [0.25, 0.3) is 5.91 Å². The van der Waals surface area contributed by atoms with Gasteiger partial charge in [0.1, 0.15) is 17.5 Å². The molecule has 0 aromatic carbocycles. The highest BCUT2D eigenvalue weighted by Crippen LogP contribution is 2.36. The average Bonchev–Trinajstić information content (AvgIpc) is 3.50. The van der Waals surface area contributed by atoms with Crippen LogP contribution in [0.4, 0.5) is 10.3 Å². The Morgan fingerprint density at radius 3 is 2.56 bits per heavy atom. The number of aromatic nitrogens is 4. The number of amides is 1. The van der Waals surface area contributed by atoms with Crippen molar-refractivity contribution in [1.82, 2.24) is 29.3 Å². The molecule has 2 aliphatic rings. The number of carbonyl (C=O) groups is 1. The van der Waals surface area contributed by atoms with Gasteiger partial charge >= 0.3 is 0 Å². The van der Waals surface area contributed by atoms with E-state index in [1.54, 1.807) is 14.1 Å². The van der Waals surface area contributed by atoms with Gasteiger partial charge in [-0.15, -0.1) is 0 Å². The van der Waals surface area contributed by atoms with E-state index >= 15 is 4.39 Å². The average molecular weight is 492 g/mol. The SMILES string of the molecule is CC(C)N1CC(c2ccncc2)C=CC1Nc1ncc2c(F)c(C(=O)N(C)C)n(C3CCCC3)c2n1. The summed E-state index contributed by atoms with van der Waals surface area (Å²) in [5, 5.41) is 3.74. The molecule has 1 amide bonds. The second-order valence-electron chi connectivity index (χ2n) is 10.3. The number of hydrogen-bond acceptors (Lipinski definition) is 6. The summed E-state index contributed by atoms with van der Waals surface area (Å²) in [7, 11) is 3.29. The van der Waals surface area contributed by atoms with Crippen molar-refractivity contribution in [3.8, 4) is 0 Å². The van der Waals surface area contributed by atoms with Crippen molar-refractivity contribution in [3.63, 3.8) is 0 Å². The van der Waals surface area contributed by atoms with E-state index in [-0.39, 0.29) is 41.2 Å². The van der Waals surface area contributed by atoms with E-state index < -0.39 is 5.82 Å². The summed E-state index contributed by atoms with van der Waals surface area (Å²) in [6.45, 7) is 5.18. The van der Waals surface area contributed by atoms with Gasteiger partial charge in [0, 0.05) is 57.2 Å². The fourth-order valence-corrected chi connectivity index (χ4v) is 5.42. The highest BCUT2D eigenvalue weighted by Gasteiger charge is 2.32. The van der Waals surface area contributed by atoms with Gasteiger partial charge in [-0.2, -0.15) is 4.98 Å². The van der Waals surface area contributed by atoms with Gasteiger partial charge in [0.05, 0.1) is 5.39 Å². The maximum Gasteiger partial charge on any atom is 0.273 e. The molecule has 1 aliphatic carbocycles. The first kappa shape index (κ1) is 24.4. The normalized spacial score (nSPS) is 20.9. The van der Waals surface area contributed by atoms with Crippen molar-refractivity contribution >= 4 is 22.9 Å². The zero-order valence-corrected chi connectivity index (χ0v) is 21.4. The zero-order valence-electron chi connectivity index (χ0n) is 21.4. The molecule has 4 heterocycles. The maximum atomic E-state index is 15.5.